The normalized spacial score (nSPS) is 15.4. The molecule has 0 saturated carbocycles. The van der Waals surface area contributed by atoms with E-state index in [0.29, 0.717) is 12.3 Å². The van der Waals surface area contributed by atoms with E-state index >= 15 is 0 Å². The van der Waals surface area contributed by atoms with Gasteiger partial charge in [-0.3, -0.25) is 4.79 Å². The summed E-state index contributed by atoms with van der Waals surface area (Å²) in [5, 5.41) is 9.43. The lowest BCUT2D eigenvalue weighted by molar-refractivity contribution is -0.112. The first-order valence-corrected chi connectivity index (χ1v) is 7.99. The van der Waals surface area contributed by atoms with Gasteiger partial charge in [0.15, 0.2) is 5.71 Å². The highest BCUT2D eigenvalue weighted by molar-refractivity contribution is 6.54. The molecule has 0 bridgehead atoms. The van der Waals surface area contributed by atoms with E-state index in [2.05, 4.69) is 21.8 Å². The third kappa shape index (κ3) is 2.55. The van der Waals surface area contributed by atoms with Gasteiger partial charge >= 0.3 is 0 Å². The van der Waals surface area contributed by atoms with Crippen molar-refractivity contribution in [3.63, 3.8) is 0 Å². The summed E-state index contributed by atoms with van der Waals surface area (Å²) in [5.41, 5.74) is 3.96. The van der Waals surface area contributed by atoms with E-state index in [-0.39, 0.29) is 5.91 Å². The molecule has 1 amide bonds. The number of para-hydroxylation sites is 2. The first-order chi connectivity index (χ1) is 12.3. The van der Waals surface area contributed by atoms with Crippen LogP contribution >= 0.6 is 0 Å². The first kappa shape index (κ1) is 15.1. The summed E-state index contributed by atoms with van der Waals surface area (Å²) in [4.78, 5) is 17.5. The number of rotatable bonds is 4. The Bertz CT molecular complexity index is 1030. The van der Waals surface area contributed by atoms with Crippen molar-refractivity contribution in [1.82, 2.24) is 4.98 Å². The summed E-state index contributed by atoms with van der Waals surface area (Å²) in [6.45, 7) is 4.16. The molecule has 3 aromatic rings. The lowest BCUT2D eigenvalue weighted by Crippen LogP contribution is -2.30. The molecule has 5 heteroatoms. The van der Waals surface area contributed by atoms with Crippen LogP contribution in [0.2, 0.25) is 0 Å². The van der Waals surface area contributed by atoms with Crippen LogP contribution in [-0.2, 0) is 4.79 Å². The van der Waals surface area contributed by atoms with E-state index < -0.39 is 0 Å². The zero-order chi connectivity index (χ0) is 17.2. The van der Waals surface area contributed by atoms with E-state index in [9.17, 15) is 4.79 Å². The lowest BCUT2D eigenvalue weighted by atomic mass is 10.1. The predicted octanol–water partition coefficient (Wildman–Crippen LogP) is 3.52. The number of benzene rings is 2. The summed E-state index contributed by atoms with van der Waals surface area (Å²) in [6.07, 6.45) is 5.24. The second-order valence-electron chi connectivity index (χ2n) is 5.70. The molecule has 4 rings (SSSR count). The Balaban J connectivity index is 1.69. The van der Waals surface area contributed by atoms with Crippen LogP contribution in [0.25, 0.3) is 10.9 Å². The van der Waals surface area contributed by atoms with Gasteiger partial charge in [-0.15, -0.1) is 11.7 Å². The number of carbonyl (C=O) groups excluding carboxylic acids is 1. The largest absolute Gasteiger partial charge is 0.361 e. The van der Waals surface area contributed by atoms with E-state index in [0.717, 1.165) is 27.7 Å². The number of amides is 1. The molecule has 1 aromatic heterocycles. The quantitative estimate of drug-likeness (QED) is 0.444. The number of nitrogens with zero attached hydrogens (tertiary/aromatic N) is 3. The van der Waals surface area contributed by atoms with Crippen LogP contribution in [0, 0.1) is 0 Å². The van der Waals surface area contributed by atoms with Crippen LogP contribution in [0.5, 0.6) is 0 Å². The Hall–Kier alpha value is -3.47. The van der Waals surface area contributed by atoms with Gasteiger partial charge in [0, 0.05) is 34.8 Å². The molecule has 0 aliphatic carbocycles. The molecule has 0 atom stereocenters. The van der Waals surface area contributed by atoms with Crippen molar-refractivity contribution in [2.24, 2.45) is 10.2 Å². The molecule has 1 N–H and O–H groups in total. The molecule has 122 valence electrons. The topological polar surface area (TPSA) is 60.8 Å². The third-order valence-corrected chi connectivity index (χ3v) is 4.19. The second kappa shape index (κ2) is 6.20. The number of aromatic amines is 1. The minimum atomic E-state index is -0.155. The Morgan fingerprint density at radius 2 is 1.92 bits per heavy atom. The fourth-order valence-electron chi connectivity index (χ4n) is 3.02. The Kier molecular flexibility index (Phi) is 3.74. The standard InChI is InChI=1S/C20H16N4O/c1-2-11-24-18-10-6-4-8-16(18)19(20(24)25)23-22-13-14-12-21-17-9-5-3-7-15(14)17/h2-10,12-13,21H,1,11H2. The fraction of sp³-hybridized carbons (Fsp3) is 0.0500. The number of nitrogens with one attached hydrogen (secondary N) is 1. The number of H-pyrrole nitrogens is 1. The average molecular weight is 328 g/mol. The van der Waals surface area contributed by atoms with Gasteiger partial charge in [-0.1, -0.05) is 42.5 Å². The van der Waals surface area contributed by atoms with Crippen molar-refractivity contribution < 1.29 is 4.79 Å². The molecular formula is C20H16N4O. The highest BCUT2D eigenvalue weighted by Crippen LogP contribution is 2.29. The molecular weight excluding hydrogens is 312 g/mol. The first-order valence-electron chi connectivity index (χ1n) is 7.99. The van der Waals surface area contributed by atoms with Gasteiger partial charge in [0.25, 0.3) is 5.91 Å². The Morgan fingerprint density at radius 3 is 2.80 bits per heavy atom. The van der Waals surface area contributed by atoms with Gasteiger partial charge in [-0.25, -0.2) is 0 Å². The summed E-state index contributed by atoms with van der Waals surface area (Å²) in [6, 6.07) is 15.6. The molecule has 0 radical (unpaired) electrons. The van der Waals surface area contributed by atoms with Crippen LogP contribution in [0.4, 0.5) is 5.69 Å². The van der Waals surface area contributed by atoms with Crippen LogP contribution in [0.1, 0.15) is 11.1 Å². The summed E-state index contributed by atoms with van der Waals surface area (Å²) < 4.78 is 0. The monoisotopic (exact) mass is 328 g/mol. The molecule has 5 nitrogen and oxygen atoms in total. The maximum absolute atomic E-state index is 12.6. The van der Waals surface area contributed by atoms with E-state index in [1.165, 1.54) is 0 Å². The number of anilines is 1. The molecule has 0 fully saturated rings. The van der Waals surface area contributed by atoms with Gasteiger partial charge in [0.1, 0.15) is 0 Å². The predicted molar refractivity (Wildman–Crippen MR) is 101 cm³/mol. The maximum atomic E-state index is 12.6. The number of aromatic nitrogens is 1. The maximum Gasteiger partial charge on any atom is 0.279 e. The van der Waals surface area contributed by atoms with Gasteiger partial charge in [0.2, 0.25) is 0 Å². The zero-order valence-corrected chi connectivity index (χ0v) is 13.5. The van der Waals surface area contributed by atoms with Gasteiger partial charge in [-0.05, 0) is 12.1 Å². The number of fused-ring (bicyclic) bond motifs is 2. The van der Waals surface area contributed by atoms with E-state index in [4.69, 9.17) is 0 Å². The van der Waals surface area contributed by atoms with Crippen LogP contribution in [0.3, 0.4) is 0 Å². The van der Waals surface area contributed by atoms with E-state index in [1.807, 2.05) is 54.7 Å². The molecule has 0 saturated heterocycles. The van der Waals surface area contributed by atoms with Gasteiger partial charge in [0.05, 0.1) is 11.9 Å². The fourth-order valence-corrected chi connectivity index (χ4v) is 3.02. The van der Waals surface area contributed by atoms with Crippen molar-refractivity contribution in [3.8, 4) is 0 Å². The molecule has 25 heavy (non-hydrogen) atoms. The van der Waals surface area contributed by atoms with Crippen molar-refractivity contribution in [2.45, 2.75) is 0 Å². The number of carbonyl (C=O) groups is 1. The van der Waals surface area contributed by atoms with Crippen LogP contribution in [-0.4, -0.2) is 29.4 Å². The SMILES string of the molecule is C=CCN1C(=O)C(=NN=Cc2c[nH]c3ccccc23)c2ccccc21. The number of hydrogen-bond acceptors (Lipinski definition) is 3. The lowest BCUT2D eigenvalue weighted by Gasteiger charge is -2.13. The highest BCUT2D eigenvalue weighted by Gasteiger charge is 2.32. The smallest absolute Gasteiger partial charge is 0.279 e. The third-order valence-electron chi connectivity index (χ3n) is 4.19. The summed E-state index contributed by atoms with van der Waals surface area (Å²) >= 11 is 0. The van der Waals surface area contributed by atoms with Gasteiger partial charge in [-0.2, -0.15) is 5.10 Å². The molecule has 0 unspecified atom stereocenters. The summed E-state index contributed by atoms with van der Waals surface area (Å²) in [5.74, 6) is -0.155. The van der Waals surface area contributed by atoms with Crippen molar-refractivity contribution in [1.29, 1.82) is 0 Å². The summed E-state index contributed by atoms with van der Waals surface area (Å²) in [7, 11) is 0. The highest BCUT2D eigenvalue weighted by atomic mass is 16.2. The minimum Gasteiger partial charge on any atom is -0.361 e. The number of hydrogen-bond donors (Lipinski definition) is 1. The van der Waals surface area contributed by atoms with Crippen molar-refractivity contribution in [2.75, 3.05) is 11.4 Å². The average Bonchev–Trinajstić information content (AvgIpc) is 3.17. The molecule has 1 aliphatic rings. The Labute approximate surface area is 145 Å². The molecule has 2 heterocycles. The molecule has 2 aromatic carbocycles. The molecule has 0 spiro atoms. The van der Waals surface area contributed by atoms with Crippen LogP contribution in [0.15, 0.2) is 77.6 Å². The van der Waals surface area contributed by atoms with Crippen molar-refractivity contribution >= 4 is 34.4 Å². The Morgan fingerprint density at radius 1 is 1.12 bits per heavy atom. The van der Waals surface area contributed by atoms with Crippen molar-refractivity contribution in [3.05, 3.63) is 78.5 Å². The zero-order valence-electron chi connectivity index (χ0n) is 13.5. The second-order valence-corrected chi connectivity index (χ2v) is 5.70. The van der Waals surface area contributed by atoms with E-state index in [1.54, 1.807) is 17.2 Å². The van der Waals surface area contributed by atoms with Crippen LogP contribution < -0.4 is 4.90 Å². The molecule has 1 aliphatic heterocycles. The minimum absolute atomic E-state index is 0.155. The van der Waals surface area contributed by atoms with Gasteiger partial charge < -0.3 is 9.88 Å².